The quantitative estimate of drug-likeness (QED) is 0.694. The summed E-state index contributed by atoms with van der Waals surface area (Å²) in [7, 11) is 0. The second-order valence-corrected chi connectivity index (χ2v) is 6.75. The van der Waals surface area contributed by atoms with Crippen molar-refractivity contribution in [1.29, 1.82) is 0 Å². The van der Waals surface area contributed by atoms with Gasteiger partial charge in [0.05, 0.1) is 0 Å². The smallest absolute Gasteiger partial charge is 0.224 e. The standard InChI is InChI=1S/C14H26N2O/c1-13(2)11(14(13,3)4)12(17)16-9-5-8-15-10-6-7-10/h10-11,15H,5-9H2,1-4H3,(H,16,17). The minimum atomic E-state index is 0.156. The Balaban J connectivity index is 1.61. The fourth-order valence-corrected chi connectivity index (χ4v) is 2.85. The van der Waals surface area contributed by atoms with Crippen molar-refractivity contribution in [3.05, 3.63) is 0 Å². The van der Waals surface area contributed by atoms with Crippen molar-refractivity contribution in [2.24, 2.45) is 16.7 Å². The lowest BCUT2D eigenvalue weighted by atomic mass is 10.0. The Bertz CT molecular complexity index is 291. The summed E-state index contributed by atoms with van der Waals surface area (Å²) in [6.45, 7) is 10.6. The second-order valence-electron chi connectivity index (χ2n) is 6.75. The minimum Gasteiger partial charge on any atom is -0.356 e. The molecule has 0 bridgehead atoms. The van der Waals surface area contributed by atoms with E-state index in [-0.39, 0.29) is 22.7 Å². The molecule has 0 heterocycles. The lowest BCUT2D eigenvalue weighted by Gasteiger charge is -2.06. The SMILES string of the molecule is CC1(C)C(C(=O)NCCCNC2CC2)C1(C)C. The minimum absolute atomic E-state index is 0.156. The first-order chi connectivity index (χ1) is 7.87. The van der Waals surface area contributed by atoms with Gasteiger partial charge in [-0.1, -0.05) is 27.7 Å². The van der Waals surface area contributed by atoms with Gasteiger partial charge in [-0.25, -0.2) is 0 Å². The predicted octanol–water partition coefficient (Wildman–Crippen LogP) is 1.93. The summed E-state index contributed by atoms with van der Waals surface area (Å²) >= 11 is 0. The van der Waals surface area contributed by atoms with Crippen molar-refractivity contribution >= 4 is 5.91 Å². The van der Waals surface area contributed by atoms with Gasteiger partial charge in [0.15, 0.2) is 0 Å². The monoisotopic (exact) mass is 238 g/mol. The van der Waals surface area contributed by atoms with Gasteiger partial charge < -0.3 is 10.6 Å². The van der Waals surface area contributed by atoms with E-state index in [4.69, 9.17) is 0 Å². The lowest BCUT2D eigenvalue weighted by molar-refractivity contribution is -0.123. The molecule has 98 valence electrons. The molecular weight excluding hydrogens is 212 g/mol. The molecular formula is C14H26N2O. The number of hydrogen-bond donors (Lipinski definition) is 2. The molecule has 0 aromatic carbocycles. The largest absolute Gasteiger partial charge is 0.356 e. The first-order valence-corrected chi connectivity index (χ1v) is 6.88. The molecule has 3 nitrogen and oxygen atoms in total. The van der Waals surface area contributed by atoms with Crippen LogP contribution < -0.4 is 10.6 Å². The number of carbonyl (C=O) groups is 1. The average molecular weight is 238 g/mol. The van der Waals surface area contributed by atoms with E-state index in [9.17, 15) is 4.79 Å². The van der Waals surface area contributed by atoms with Gasteiger partial charge >= 0.3 is 0 Å². The maximum Gasteiger partial charge on any atom is 0.224 e. The molecule has 2 fully saturated rings. The molecule has 0 spiro atoms. The van der Waals surface area contributed by atoms with Crippen LogP contribution in [0, 0.1) is 16.7 Å². The number of amides is 1. The lowest BCUT2D eigenvalue weighted by Crippen LogP contribution is -2.30. The highest BCUT2D eigenvalue weighted by atomic mass is 16.2. The molecule has 0 unspecified atom stereocenters. The van der Waals surface area contributed by atoms with Crippen LogP contribution in [-0.2, 0) is 4.79 Å². The Hall–Kier alpha value is -0.570. The summed E-state index contributed by atoms with van der Waals surface area (Å²) in [6, 6.07) is 0.770. The Morgan fingerprint density at radius 3 is 2.18 bits per heavy atom. The molecule has 0 radical (unpaired) electrons. The molecule has 0 atom stereocenters. The first kappa shape index (κ1) is 12.9. The van der Waals surface area contributed by atoms with Gasteiger partial charge in [0.25, 0.3) is 0 Å². The number of hydrogen-bond acceptors (Lipinski definition) is 2. The van der Waals surface area contributed by atoms with E-state index in [1.165, 1.54) is 12.8 Å². The topological polar surface area (TPSA) is 41.1 Å². The maximum absolute atomic E-state index is 12.0. The highest BCUT2D eigenvalue weighted by molar-refractivity contribution is 5.84. The summed E-state index contributed by atoms with van der Waals surface area (Å²) in [4.78, 5) is 12.0. The second kappa shape index (κ2) is 4.27. The molecule has 0 aromatic heterocycles. The van der Waals surface area contributed by atoms with Crippen LogP contribution in [0.4, 0.5) is 0 Å². The highest BCUT2D eigenvalue weighted by Crippen LogP contribution is 2.68. The Labute approximate surface area is 105 Å². The Kier molecular flexibility index (Phi) is 3.23. The normalized spacial score (nSPS) is 25.6. The van der Waals surface area contributed by atoms with Crippen molar-refractivity contribution in [1.82, 2.24) is 10.6 Å². The summed E-state index contributed by atoms with van der Waals surface area (Å²) < 4.78 is 0. The van der Waals surface area contributed by atoms with Crippen molar-refractivity contribution in [2.45, 2.75) is 53.0 Å². The first-order valence-electron chi connectivity index (χ1n) is 6.88. The van der Waals surface area contributed by atoms with E-state index in [1.807, 2.05) is 0 Å². The van der Waals surface area contributed by atoms with Crippen LogP contribution in [-0.4, -0.2) is 25.0 Å². The van der Waals surface area contributed by atoms with E-state index in [0.29, 0.717) is 0 Å². The molecule has 1 amide bonds. The van der Waals surface area contributed by atoms with Crippen LogP contribution >= 0.6 is 0 Å². The van der Waals surface area contributed by atoms with Gasteiger partial charge in [-0.3, -0.25) is 4.79 Å². The van der Waals surface area contributed by atoms with E-state index >= 15 is 0 Å². The number of rotatable bonds is 6. The fourth-order valence-electron chi connectivity index (χ4n) is 2.85. The summed E-state index contributed by atoms with van der Waals surface area (Å²) in [5.74, 6) is 0.429. The third-order valence-corrected chi connectivity index (χ3v) is 4.95. The fraction of sp³-hybridized carbons (Fsp3) is 0.929. The molecule has 2 rings (SSSR count). The third-order valence-electron chi connectivity index (χ3n) is 4.95. The average Bonchev–Trinajstić information content (AvgIpc) is 3.06. The van der Waals surface area contributed by atoms with Crippen LogP contribution in [0.2, 0.25) is 0 Å². The molecule has 2 aliphatic carbocycles. The zero-order valence-electron chi connectivity index (χ0n) is 11.6. The van der Waals surface area contributed by atoms with Gasteiger partial charge in [0.2, 0.25) is 5.91 Å². The summed E-state index contributed by atoms with van der Waals surface area (Å²) in [6.07, 6.45) is 3.70. The van der Waals surface area contributed by atoms with Crippen LogP contribution in [0.3, 0.4) is 0 Å². The zero-order valence-corrected chi connectivity index (χ0v) is 11.6. The van der Waals surface area contributed by atoms with E-state index in [0.717, 1.165) is 25.6 Å². The maximum atomic E-state index is 12.0. The van der Waals surface area contributed by atoms with E-state index in [1.54, 1.807) is 0 Å². The van der Waals surface area contributed by atoms with Crippen LogP contribution in [0.25, 0.3) is 0 Å². The molecule has 0 aromatic rings. The van der Waals surface area contributed by atoms with Gasteiger partial charge in [-0.2, -0.15) is 0 Å². The van der Waals surface area contributed by atoms with Crippen molar-refractivity contribution in [3.8, 4) is 0 Å². The van der Waals surface area contributed by atoms with Crippen molar-refractivity contribution in [2.75, 3.05) is 13.1 Å². The van der Waals surface area contributed by atoms with E-state index < -0.39 is 0 Å². The summed E-state index contributed by atoms with van der Waals surface area (Å²) in [5, 5.41) is 6.53. The zero-order chi connectivity index (χ0) is 12.7. The Morgan fingerprint density at radius 1 is 1.12 bits per heavy atom. The molecule has 2 N–H and O–H groups in total. The van der Waals surface area contributed by atoms with E-state index in [2.05, 4.69) is 38.3 Å². The van der Waals surface area contributed by atoms with Crippen LogP contribution in [0.15, 0.2) is 0 Å². The third kappa shape index (κ3) is 2.49. The summed E-state index contributed by atoms with van der Waals surface area (Å²) in [5.41, 5.74) is 0.312. The van der Waals surface area contributed by atoms with Crippen molar-refractivity contribution in [3.63, 3.8) is 0 Å². The van der Waals surface area contributed by atoms with Gasteiger partial charge in [0.1, 0.15) is 0 Å². The Morgan fingerprint density at radius 2 is 1.71 bits per heavy atom. The number of carbonyl (C=O) groups excluding carboxylic acids is 1. The molecule has 0 aliphatic heterocycles. The number of nitrogens with one attached hydrogen (secondary N) is 2. The predicted molar refractivity (Wildman–Crippen MR) is 69.7 cm³/mol. The van der Waals surface area contributed by atoms with Gasteiger partial charge in [-0.05, 0) is 36.6 Å². The van der Waals surface area contributed by atoms with Crippen molar-refractivity contribution < 1.29 is 4.79 Å². The molecule has 0 saturated heterocycles. The molecule has 2 aliphatic rings. The van der Waals surface area contributed by atoms with Crippen LogP contribution in [0.1, 0.15) is 47.0 Å². The van der Waals surface area contributed by atoms with Gasteiger partial charge in [0, 0.05) is 18.5 Å². The van der Waals surface area contributed by atoms with Gasteiger partial charge in [-0.15, -0.1) is 0 Å². The molecule has 17 heavy (non-hydrogen) atoms. The van der Waals surface area contributed by atoms with Crippen LogP contribution in [0.5, 0.6) is 0 Å². The molecule has 2 saturated carbocycles. The molecule has 3 heteroatoms. The highest BCUT2D eigenvalue weighted by Gasteiger charge is 2.68.